The lowest BCUT2D eigenvalue weighted by molar-refractivity contribution is -0.0836. The molecule has 0 unspecified atom stereocenters. The summed E-state index contributed by atoms with van der Waals surface area (Å²) in [5.41, 5.74) is 4.45. The van der Waals surface area contributed by atoms with Crippen LogP contribution >= 0.6 is 0 Å². The van der Waals surface area contributed by atoms with E-state index in [4.69, 9.17) is 4.98 Å². The Kier molecular flexibility index (Phi) is 2.37. The number of aliphatic hydroxyl groups excluding tert-OH is 1. The Balaban J connectivity index is 1.82. The van der Waals surface area contributed by atoms with E-state index >= 15 is 0 Å². The van der Waals surface area contributed by atoms with E-state index < -0.39 is 6.10 Å². The zero-order chi connectivity index (χ0) is 13.9. The van der Waals surface area contributed by atoms with Crippen LogP contribution in [0.2, 0.25) is 0 Å². The summed E-state index contributed by atoms with van der Waals surface area (Å²) in [5.74, 6) is 0.918. The van der Waals surface area contributed by atoms with Gasteiger partial charge in [0.15, 0.2) is 0 Å². The molecular weight excluding hydrogens is 246 g/mol. The lowest BCUT2D eigenvalue weighted by Crippen LogP contribution is -2.50. The largest absolute Gasteiger partial charge is 0.386 e. The van der Waals surface area contributed by atoms with Gasteiger partial charge in [0, 0.05) is 5.56 Å². The van der Waals surface area contributed by atoms with Gasteiger partial charge in [0.05, 0.1) is 17.5 Å². The zero-order valence-corrected chi connectivity index (χ0v) is 11.9. The maximum Gasteiger partial charge on any atom is 0.0996 e. The fourth-order valence-electron chi connectivity index (χ4n) is 4.00. The normalized spacial score (nSPS) is 29.4. The number of aromatic nitrogens is 1. The average Bonchev–Trinajstić information content (AvgIpc) is 2.47. The summed E-state index contributed by atoms with van der Waals surface area (Å²) >= 11 is 0. The molecule has 1 saturated carbocycles. The molecule has 2 bridgehead atoms. The number of hydrogen-bond acceptors (Lipinski definition) is 2. The van der Waals surface area contributed by atoms with Gasteiger partial charge in [0.25, 0.3) is 0 Å². The molecular formula is C18H19NO. The topological polar surface area (TPSA) is 33.1 Å². The van der Waals surface area contributed by atoms with Crippen molar-refractivity contribution in [2.24, 2.45) is 11.3 Å². The summed E-state index contributed by atoms with van der Waals surface area (Å²) in [6.45, 7) is 4.53. The van der Waals surface area contributed by atoms with Crippen molar-refractivity contribution in [1.82, 2.24) is 4.98 Å². The standard InChI is InChI=1S/C18H19NO/c1-18(2)13-10-14(18)17(20)16-12(13)8-9-15(19-16)11-6-4-3-5-7-11/h3-9,13-14,17,20H,10H2,1-2H3/t13-,14+,17-/m0/s1. The van der Waals surface area contributed by atoms with Crippen molar-refractivity contribution in [2.75, 3.05) is 0 Å². The third-order valence-corrected chi connectivity index (χ3v) is 5.41. The van der Waals surface area contributed by atoms with Gasteiger partial charge in [0.1, 0.15) is 0 Å². The minimum Gasteiger partial charge on any atom is -0.386 e. The molecule has 0 spiro atoms. The number of aliphatic hydroxyl groups is 1. The second-order valence-electron chi connectivity index (χ2n) is 6.70. The van der Waals surface area contributed by atoms with Crippen LogP contribution in [-0.2, 0) is 0 Å². The van der Waals surface area contributed by atoms with E-state index in [0.717, 1.165) is 23.4 Å². The van der Waals surface area contributed by atoms with Crippen LogP contribution < -0.4 is 0 Å². The van der Waals surface area contributed by atoms with Crippen molar-refractivity contribution in [3.63, 3.8) is 0 Å². The van der Waals surface area contributed by atoms with E-state index in [9.17, 15) is 5.11 Å². The molecule has 3 atom stereocenters. The highest BCUT2D eigenvalue weighted by Gasteiger charge is 2.57. The van der Waals surface area contributed by atoms with Crippen LogP contribution in [0.25, 0.3) is 11.3 Å². The molecule has 0 radical (unpaired) electrons. The molecule has 3 aliphatic rings. The van der Waals surface area contributed by atoms with Crippen LogP contribution in [0.1, 0.15) is 43.5 Å². The molecule has 0 aliphatic heterocycles. The maximum atomic E-state index is 10.6. The first-order valence-electron chi connectivity index (χ1n) is 7.33. The van der Waals surface area contributed by atoms with Crippen molar-refractivity contribution in [3.05, 3.63) is 53.7 Å². The minimum atomic E-state index is -0.409. The lowest BCUT2D eigenvalue weighted by Gasteiger charge is -2.58. The van der Waals surface area contributed by atoms with E-state index in [0.29, 0.717) is 11.8 Å². The summed E-state index contributed by atoms with van der Waals surface area (Å²) in [6, 6.07) is 14.4. The van der Waals surface area contributed by atoms with Crippen LogP contribution in [0.3, 0.4) is 0 Å². The highest BCUT2D eigenvalue weighted by Crippen LogP contribution is 2.65. The highest BCUT2D eigenvalue weighted by atomic mass is 16.3. The molecule has 0 amide bonds. The first kappa shape index (κ1) is 12.1. The van der Waals surface area contributed by atoms with Crippen LogP contribution in [-0.4, -0.2) is 10.1 Å². The molecule has 1 heterocycles. The number of pyridine rings is 1. The molecule has 1 N–H and O–H groups in total. The van der Waals surface area contributed by atoms with Gasteiger partial charge in [-0.2, -0.15) is 0 Å². The van der Waals surface area contributed by atoms with Crippen LogP contribution in [0.15, 0.2) is 42.5 Å². The van der Waals surface area contributed by atoms with Crippen LogP contribution in [0.4, 0.5) is 0 Å². The monoisotopic (exact) mass is 265 g/mol. The van der Waals surface area contributed by atoms with Gasteiger partial charge in [-0.15, -0.1) is 0 Å². The Morgan fingerprint density at radius 2 is 1.85 bits per heavy atom. The van der Waals surface area contributed by atoms with Gasteiger partial charge >= 0.3 is 0 Å². The molecule has 2 aromatic rings. The van der Waals surface area contributed by atoms with Gasteiger partial charge in [-0.25, -0.2) is 4.98 Å². The zero-order valence-electron chi connectivity index (χ0n) is 11.9. The first-order valence-corrected chi connectivity index (χ1v) is 7.33. The molecule has 20 heavy (non-hydrogen) atoms. The Morgan fingerprint density at radius 1 is 1.10 bits per heavy atom. The average molecular weight is 265 g/mol. The number of rotatable bonds is 1. The fourth-order valence-corrected chi connectivity index (χ4v) is 4.00. The van der Waals surface area contributed by atoms with Gasteiger partial charge in [-0.05, 0) is 35.3 Å². The molecule has 2 heteroatoms. The van der Waals surface area contributed by atoms with Crippen LogP contribution in [0, 0.1) is 11.3 Å². The predicted molar refractivity (Wildman–Crippen MR) is 79.3 cm³/mol. The quantitative estimate of drug-likeness (QED) is 0.847. The maximum absolute atomic E-state index is 10.6. The SMILES string of the molecule is CC1(C)[C@@H]2C[C@H]1c1ccc(-c3ccccc3)nc1[C@H]2O. The Bertz CT molecular complexity index is 662. The molecule has 2 nitrogen and oxygen atoms in total. The third kappa shape index (κ3) is 1.46. The third-order valence-electron chi connectivity index (χ3n) is 5.41. The minimum absolute atomic E-state index is 0.211. The summed E-state index contributed by atoms with van der Waals surface area (Å²) in [7, 11) is 0. The van der Waals surface area contributed by atoms with E-state index in [1.54, 1.807) is 0 Å². The van der Waals surface area contributed by atoms with Gasteiger partial charge in [0.2, 0.25) is 0 Å². The lowest BCUT2D eigenvalue weighted by atomic mass is 9.47. The summed E-state index contributed by atoms with van der Waals surface area (Å²) in [4.78, 5) is 4.76. The molecule has 1 fully saturated rings. The molecule has 1 aromatic heterocycles. The van der Waals surface area contributed by atoms with Crippen molar-refractivity contribution in [2.45, 2.75) is 32.3 Å². The highest BCUT2D eigenvalue weighted by molar-refractivity contribution is 5.60. The van der Waals surface area contributed by atoms with E-state index in [1.807, 2.05) is 18.2 Å². The van der Waals surface area contributed by atoms with E-state index in [-0.39, 0.29) is 5.41 Å². The van der Waals surface area contributed by atoms with Crippen molar-refractivity contribution in [1.29, 1.82) is 0 Å². The van der Waals surface area contributed by atoms with Crippen molar-refractivity contribution < 1.29 is 5.11 Å². The first-order chi connectivity index (χ1) is 9.59. The second kappa shape index (κ2) is 3.92. The van der Waals surface area contributed by atoms with Crippen molar-refractivity contribution in [3.8, 4) is 11.3 Å². The molecule has 0 saturated heterocycles. The van der Waals surface area contributed by atoms with Crippen molar-refractivity contribution >= 4 is 0 Å². The van der Waals surface area contributed by atoms with E-state index in [2.05, 4.69) is 38.1 Å². The Hall–Kier alpha value is -1.67. The van der Waals surface area contributed by atoms with Gasteiger partial charge in [-0.3, -0.25) is 0 Å². The summed E-state index contributed by atoms with van der Waals surface area (Å²) < 4.78 is 0. The molecule has 1 aromatic carbocycles. The summed E-state index contributed by atoms with van der Waals surface area (Å²) in [5, 5.41) is 10.6. The number of hydrogen-bond donors (Lipinski definition) is 1. The van der Waals surface area contributed by atoms with E-state index in [1.165, 1.54) is 5.56 Å². The molecule has 3 aliphatic carbocycles. The van der Waals surface area contributed by atoms with Gasteiger partial charge < -0.3 is 5.11 Å². The predicted octanol–water partition coefficient (Wildman–Crippen LogP) is 3.93. The smallest absolute Gasteiger partial charge is 0.0996 e. The molecule has 102 valence electrons. The second-order valence-corrected chi connectivity index (χ2v) is 6.70. The van der Waals surface area contributed by atoms with Gasteiger partial charge in [-0.1, -0.05) is 50.2 Å². The Morgan fingerprint density at radius 3 is 2.55 bits per heavy atom. The molecule has 5 rings (SSSR count). The number of nitrogens with zero attached hydrogens (tertiary/aromatic N) is 1. The number of benzene rings is 1. The van der Waals surface area contributed by atoms with Crippen LogP contribution in [0.5, 0.6) is 0 Å². The fraction of sp³-hybridized carbons (Fsp3) is 0.389. The summed E-state index contributed by atoms with van der Waals surface area (Å²) in [6.07, 6.45) is 0.696. The Labute approximate surface area is 119 Å².